The van der Waals surface area contributed by atoms with E-state index in [1.54, 1.807) is 55.5 Å². The molecular weight excluding hydrogens is 646 g/mol. The Labute approximate surface area is 293 Å². The van der Waals surface area contributed by atoms with Gasteiger partial charge < -0.3 is 19.9 Å². The number of ether oxygens (including phenoxy) is 1. The number of aryl methyl sites for hydroxylation is 1. The Morgan fingerprint density at radius 1 is 0.725 bits per heavy atom. The van der Waals surface area contributed by atoms with Crippen LogP contribution in [0.2, 0.25) is 0 Å². The van der Waals surface area contributed by atoms with E-state index in [9.17, 15) is 24.0 Å². The number of hydrogen-bond acceptors (Lipinski definition) is 6. The minimum absolute atomic E-state index is 0.0766. The van der Waals surface area contributed by atoms with Crippen molar-refractivity contribution >= 4 is 57.2 Å². The van der Waals surface area contributed by atoms with E-state index >= 15 is 0 Å². The average Bonchev–Trinajstić information content (AvgIpc) is 3.78. The van der Waals surface area contributed by atoms with Crippen LogP contribution in [0.4, 0.5) is 15.3 Å². The molecular formula is C40H35N5O6. The summed E-state index contributed by atoms with van der Waals surface area (Å²) in [6.07, 6.45) is 3.34. The number of para-hydroxylation sites is 2. The van der Waals surface area contributed by atoms with Crippen molar-refractivity contribution in [1.82, 2.24) is 19.4 Å². The van der Waals surface area contributed by atoms with E-state index in [1.165, 1.54) is 15.7 Å². The Balaban J connectivity index is 1.16. The van der Waals surface area contributed by atoms with Crippen molar-refractivity contribution in [3.63, 3.8) is 0 Å². The second-order valence-corrected chi connectivity index (χ2v) is 12.2. The highest BCUT2D eigenvalue weighted by Crippen LogP contribution is 2.31. The van der Waals surface area contributed by atoms with Crippen molar-refractivity contribution in [2.75, 3.05) is 18.5 Å². The van der Waals surface area contributed by atoms with Gasteiger partial charge in [0.05, 0.1) is 28.9 Å². The van der Waals surface area contributed by atoms with E-state index < -0.39 is 18.2 Å². The van der Waals surface area contributed by atoms with E-state index in [4.69, 9.17) is 4.74 Å². The number of anilines is 1. The van der Waals surface area contributed by atoms with E-state index in [2.05, 4.69) is 10.6 Å². The third-order valence-corrected chi connectivity index (χ3v) is 9.03. The molecule has 3 heterocycles. The van der Waals surface area contributed by atoms with Crippen molar-refractivity contribution in [2.45, 2.75) is 32.4 Å². The van der Waals surface area contributed by atoms with Gasteiger partial charge in [-0.25, -0.2) is 9.59 Å². The number of amides is 4. The molecule has 0 spiro atoms. The molecule has 1 unspecified atom stereocenters. The van der Waals surface area contributed by atoms with Crippen LogP contribution in [0.1, 0.15) is 51.2 Å². The first kappa shape index (κ1) is 33.0. The number of carbonyl (C=O) groups is 5. The molecule has 4 aromatic carbocycles. The molecule has 4 amide bonds. The quantitative estimate of drug-likeness (QED) is 0.142. The van der Waals surface area contributed by atoms with E-state index in [0.29, 0.717) is 46.2 Å². The highest BCUT2D eigenvalue weighted by Gasteiger charge is 2.34. The molecule has 11 nitrogen and oxygen atoms in total. The van der Waals surface area contributed by atoms with E-state index in [1.807, 2.05) is 65.4 Å². The number of urea groups is 1. The molecule has 2 N–H and O–H groups in total. The van der Waals surface area contributed by atoms with Gasteiger partial charge in [0.1, 0.15) is 6.04 Å². The fourth-order valence-electron chi connectivity index (χ4n) is 6.68. The molecule has 2 aromatic heterocycles. The smallest absolute Gasteiger partial charge is 0.418 e. The normalized spacial score (nSPS) is 13.0. The SMILES string of the molecule is CCOC(=O)n1cc(NC(=O)NC(C(=O)Cc2ccccc2)c2cn(CCCN3C(=O)c4ccccc4C3=O)c3ccccc23)c2ccccc21. The Hall–Kier alpha value is -6.49. The van der Waals surface area contributed by atoms with E-state index in [-0.39, 0.29) is 37.2 Å². The monoisotopic (exact) mass is 681 g/mol. The van der Waals surface area contributed by atoms with Crippen LogP contribution >= 0.6 is 0 Å². The minimum atomic E-state index is -1.04. The fourth-order valence-corrected chi connectivity index (χ4v) is 6.68. The molecule has 0 fully saturated rings. The van der Waals surface area contributed by atoms with Crippen LogP contribution < -0.4 is 10.6 Å². The summed E-state index contributed by atoms with van der Waals surface area (Å²) < 4.78 is 8.52. The molecule has 0 aliphatic carbocycles. The van der Waals surface area contributed by atoms with Crippen LogP contribution in [-0.4, -0.2) is 56.9 Å². The molecule has 0 saturated heterocycles. The van der Waals surface area contributed by atoms with Crippen molar-refractivity contribution in [3.05, 3.63) is 138 Å². The van der Waals surface area contributed by atoms with Crippen LogP contribution in [0.25, 0.3) is 21.8 Å². The Kier molecular flexibility index (Phi) is 9.17. The fraction of sp³-hybridized carbons (Fsp3) is 0.175. The number of nitrogens with zero attached hydrogens (tertiary/aromatic N) is 3. The molecule has 51 heavy (non-hydrogen) atoms. The summed E-state index contributed by atoms with van der Waals surface area (Å²) in [6, 6.07) is 29.2. The summed E-state index contributed by atoms with van der Waals surface area (Å²) in [5, 5.41) is 7.18. The largest absolute Gasteiger partial charge is 0.449 e. The molecule has 6 aromatic rings. The Morgan fingerprint density at radius 3 is 2.06 bits per heavy atom. The van der Waals surface area contributed by atoms with Gasteiger partial charge in [0, 0.05) is 53.8 Å². The first-order chi connectivity index (χ1) is 24.8. The lowest BCUT2D eigenvalue weighted by Gasteiger charge is -2.18. The number of ketones is 1. The molecule has 11 heteroatoms. The molecule has 1 aliphatic rings. The van der Waals surface area contributed by atoms with Gasteiger partial charge in [-0.1, -0.05) is 78.9 Å². The van der Waals surface area contributed by atoms with Crippen LogP contribution in [0, 0.1) is 0 Å². The van der Waals surface area contributed by atoms with Gasteiger partial charge in [-0.15, -0.1) is 0 Å². The predicted molar refractivity (Wildman–Crippen MR) is 193 cm³/mol. The van der Waals surface area contributed by atoms with Gasteiger partial charge in [0.15, 0.2) is 5.78 Å². The zero-order valence-corrected chi connectivity index (χ0v) is 27.9. The van der Waals surface area contributed by atoms with Gasteiger partial charge in [-0.3, -0.25) is 23.9 Å². The summed E-state index contributed by atoms with van der Waals surface area (Å²) in [5.74, 6) is -0.833. The predicted octanol–water partition coefficient (Wildman–Crippen LogP) is 6.96. The molecule has 1 aliphatic heterocycles. The lowest BCUT2D eigenvalue weighted by atomic mass is 9.97. The van der Waals surface area contributed by atoms with Gasteiger partial charge in [0.2, 0.25) is 0 Å². The second kappa shape index (κ2) is 14.2. The van der Waals surface area contributed by atoms with Crippen molar-refractivity contribution in [2.24, 2.45) is 0 Å². The topological polar surface area (TPSA) is 132 Å². The maximum Gasteiger partial charge on any atom is 0.418 e. The lowest BCUT2D eigenvalue weighted by Crippen LogP contribution is -2.37. The van der Waals surface area contributed by atoms with Gasteiger partial charge in [-0.05, 0) is 43.2 Å². The van der Waals surface area contributed by atoms with Crippen LogP contribution in [0.3, 0.4) is 0 Å². The molecule has 0 bridgehead atoms. The van der Waals surface area contributed by atoms with Crippen LogP contribution in [0.5, 0.6) is 0 Å². The van der Waals surface area contributed by atoms with Gasteiger partial charge in [0.25, 0.3) is 11.8 Å². The Bertz CT molecular complexity index is 2270. The molecule has 256 valence electrons. The number of fused-ring (bicyclic) bond motifs is 3. The van der Waals surface area contributed by atoms with Crippen LogP contribution in [-0.2, 0) is 22.5 Å². The molecule has 7 rings (SSSR count). The molecule has 1 atom stereocenters. The van der Waals surface area contributed by atoms with Crippen LogP contribution in [0.15, 0.2) is 116 Å². The summed E-state index contributed by atoms with van der Waals surface area (Å²) in [7, 11) is 0. The van der Waals surface area contributed by atoms with Gasteiger partial charge in [-0.2, -0.15) is 0 Å². The van der Waals surface area contributed by atoms with Crippen molar-refractivity contribution in [3.8, 4) is 0 Å². The number of imide groups is 1. The number of Topliss-reactive ketones (excluding diaryl/α,β-unsaturated/α-hetero) is 1. The van der Waals surface area contributed by atoms with Gasteiger partial charge >= 0.3 is 12.1 Å². The first-order valence-electron chi connectivity index (χ1n) is 16.8. The third-order valence-electron chi connectivity index (χ3n) is 9.03. The highest BCUT2D eigenvalue weighted by molar-refractivity contribution is 6.21. The number of benzene rings is 4. The number of hydrogen-bond donors (Lipinski definition) is 2. The lowest BCUT2D eigenvalue weighted by molar-refractivity contribution is -0.120. The summed E-state index contributed by atoms with van der Waals surface area (Å²) in [4.78, 5) is 67.7. The second-order valence-electron chi connectivity index (χ2n) is 12.2. The summed E-state index contributed by atoms with van der Waals surface area (Å²) >= 11 is 0. The zero-order chi connectivity index (χ0) is 35.5. The highest BCUT2D eigenvalue weighted by atomic mass is 16.5. The number of rotatable bonds is 11. The number of aromatic nitrogens is 2. The Morgan fingerprint density at radius 2 is 1.35 bits per heavy atom. The number of nitrogens with one attached hydrogen (secondary N) is 2. The maximum atomic E-state index is 14.1. The molecule has 0 radical (unpaired) electrons. The van der Waals surface area contributed by atoms with Crippen molar-refractivity contribution in [1.29, 1.82) is 0 Å². The summed E-state index contributed by atoms with van der Waals surface area (Å²) in [5.41, 5.74) is 4.00. The van der Waals surface area contributed by atoms with E-state index in [0.717, 1.165) is 16.5 Å². The third kappa shape index (κ3) is 6.49. The average molecular weight is 682 g/mol. The van der Waals surface area contributed by atoms with Crippen molar-refractivity contribution < 1.29 is 28.7 Å². The standard InChI is InChI=1S/C40H35N5O6/c1-2-51-40(50)45-25-32(30-18-9-11-20-34(30)45)41-39(49)42-36(35(46)23-26-13-4-3-5-14-26)31-24-43(33-19-10-8-15-27(31)33)21-12-22-44-37(47)28-16-6-7-17-29(28)38(44)48/h3-11,13-20,24-25,36H,2,12,21-23H2,1H3,(H2,41,42,49). The summed E-state index contributed by atoms with van der Waals surface area (Å²) in [6.45, 7) is 2.59. The number of carbonyl (C=O) groups excluding carboxylic acids is 5. The zero-order valence-electron chi connectivity index (χ0n) is 27.9. The molecule has 0 saturated carbocycles. The maximum absolute atomic E-state index is 14.1. The minimum Gasteiger partial charge on any atom is -0.449 e. The first-order valence-corrected chi connectivity index (χ1v) is 16.8.